The molecule has 0 unspecified atom stereocenters. The monoisotopic (exact) mass is 434 g/mol. The van der Waals surface area contributed by atoms with E-state index in [1.54, 1.807) is 12.3 Å². The molecular weight excluding hydrogens is 410 g/mol. The Hall–Kier alpha value is -3.52. The highest BCUT2D eigenvalue weighted by atomic mass is 19.1. The molecule has 5 rings (SSSR count). The van der Waals surface area contributed by atoms with E-state index >= 15 is 0 Å². The van der Waals surface area contributed by atoms with E-state index in [1.807, 2.05) is 13.0 Å². The van der Waals surface area contributed by atoms with Crippen molar-refractivity contribution in [2.45, 2.75) is 25.8 Å². The number of nitrogen functional groups attached to an aromatic ring is 1. The Bertz CT molecular complexity index is 1290. The van der Waals surface area contributed by atoms with Crippen molar-refractivity contribution < 1.29 is 8.78 Å². The summed E-state index contributed by atoms with van der Waals surface area (Å²) < 4.78 is 28.0. The number of piperidine rings is 1. The summed E-state index contributed by atoms with van der Waals surface area (Å²) >= 11 is 0. The van der Waals surface area contributed by atoms with Gasteiger partial charge in [-0.25, -0.2) is 18.7 Å². The number of fused-ring (bicyclic) bond motifs is 1. The molecule has 164 valence electrons. The molecule has 1 aliphatic rings. The van der Waals surface area contributed by atoms with Crippen molar-refractivity contribution in [3.8, 4) is 22.5 Å². The van der Waals surface area contributed by atoms with Crippen molar-refractivity contribution in [1.82, 2.24) is 15.0 Å². The summed E-state index contributed by atoms with van der Waals surface area (Å²) in [5.41, 5.74) is 17.4. The van der Waals surface area contributed by atoms with E-state index in [0.717, 1.165) is 42.7 Å². The summed E-state index contributed by atoms with van der Waals surface area (Å²) in [5, 5.41) is 0. The summed E-state index contributed by atoms with van der Waals surface area (Å²) in [7, 11) is 0. The molecule has 2 aromatic carbocycles. The lowest BCUT2D eigenvalue weighted by atomic mass is 9.97. The number of nitrogens with one attached hydrogen (secondary N) is 1. The van der Waals surface area contributed by atoms with Crippen LogP contribution < -0.4 is 16.4 Å². The molecule has 8 heteroatoms. The molecule has 1 aliphatic heterocycles. The number of benzene rings is 2. The fraction of sp³-hybridized carbons (Fsp3) is 0.250. The first-order valence-corrected chi connectivity index (χ1v) is 10.6. The van der Waals surface area contributed by atoms with Crippen molar-refractivity contribution in [3.63, 3.8) is 0 Å². The molecule has 0 spiro atoms. The Kier molecular flexibility index (Phi) is 5.01. The number of nitrogens with zero attached hydrogens (tertiary/aromatic N) is 3. The van der Waals surface area contributed by atoms with Crippen LogP contribution >= 0.6 is 0 Å². The highest BCUT2D eigenvalue weighted by Gasteiger charge is 2.26. The lowest BCUT2D eigenvalue weighted by Gasteiger charge is -2.34. The van der Waals surface area contributed by atoms with Gasteiger partial charge in [-0.2, -0.15) is 0 Å². The second-order valence-corrected chi connectivity index (χ2v) is 8.37. The van der Waals surface area contributed by atoms with Crippen LogP contribution in [0, 0.1) is 18.6 Å². The van der Waals surface area contributed by atoms with Crippen LogP contribution in [0.25, 0.3) is 33.5 Å². The maximum absolute atomic E-state index is 14.3. The van der Waals surface area contributed by atoms with Crippen LogP contribution in [0.3, 0.4) is 0 Å². The molecular formula is C24H24F2N6. The number of imidazole rings is 1. The molecule has 4 aromatic rings. The first kappa shape index (κ1) is 20.4. The van der Waals surface area contributed by atoms with E-state index in [-0.39, 0.29) is 17.7 Å². The van der Waals surface area contributed by atoms with Crippen LogP contribution in [-0.4, -0.2) is 34.1 Å². The topological polar surface area (TPSA) is 96.8 Å². The van der Waals surface area contributed by atoms with Gasteiger partial charge in [0, 0.05) is 37.0 Å². The maximum Gasteiger partial charge on any atom is 0.144 e. The van der Waals surface area contributed by atoms with Gasteiger partial charge in [0.05, 0.1) is 22.3 Å². The second kappa shape index (κ2) is 7.87. The Morgan fingerprint density at radius 3 is 2.59 bits per heavy atom. The van der Waals surface area contributed by atoms with Crippen molar-refractivity contribution >= 4 is 22.5 Å². The normalized spacial score (nSPS) is 14.9. The van der Waals surface area contributed by atoms with Gasteiger partial charge in [-0.1, -0.05) is 6.07 Å². The first-order valence-electron chi connectivity index (χ1n) is 10.6. The summed E-state index contributed by atoms with van der Waals surface area (Å²) in [6.07, 6.45) is 3.34. The van der Waals surface area contributed by atoms with Crippen molar-refractivity contribution in [2.24, 2.45) is 5.73 Å². The fourth-order valence-corrected chi connectivity index (χ4v) is 4.40. The molecule has 0 amide bonds. The van der Waals surface area contributed by atoms with E-state index in [1.165, 1.54) is 24.3 Å². The third-order valence-electron chi connectivity index (χ3n) is 5.97. The third-order valence-corrected chi connectivity index (χ3v) is 5.97. The van der Waals surface area contributed by atoms with Gasteiger partial charge in [0.15, 0.2) is 0 Å². The smallest absolute Gasteiger partial charge is 0.144 e. The molecule has 0 saturated carbocycles. The lowest BCUT2D eigenvalue weighted by Crippen LogP contribution is -2.40. The van der Waals surface area contributed by atoms with Crippen molar-refractivity contribution in [1.29, 1.82) is 0 Å². The molecule has 1 fully saturated rings. The average molecular weight is 434 g/mol. The highest BCUT2D eigenvalue weighted by Crippen LogP contribution is 2.42. The number of aryl methyl sites for hydroxylation is 1. The highest BCUT2D eigenvalue weighted by molar-refractivity contribution is 5.95. The van der Waals surface area contributed by atoms with Crippen molar-refractivity contribution in [2.75, 3.05) is 23.7 Å². The molecule has 6 nitrogen and oxygen atoms in total. The number of nitrogens with two attached hydrogens (primary N) is 2. The molecule has 32 heavy (non-hydrogen) atoms. The minimum atomic E-state index is -0.365. The molecule has 0 radical (unpaired) electrons. The maximum atomic E-state index is 14.3. The standard InChI is InChI=1S/C24H24F2N6/c1-13-8-14(10-16(26)9-13)18-12-29-23(28)21(22(18)32-6-4-17(27)5-7-32)24-30-19-3-2-15(25)11-20(19)31-24/h2-3,8-12,17H,4-7,27H2,1H3,(H2,28,29)(H,30,31). The minimum Gasteiger partial charge on any atom is -0.383 e. The Labute approximate surface area is 184 Å². The van der Waals surface area contributed by atoms with E-state index < -0.39 is 0 Å². The second-order valence-electron chi connectivity index (χ2n) is 8.37. The zero-order valence-corrected chi connectivity index (χ0v) is 17.7. The number of hydrogen-bond acceptors (Lipinski definition) is 5. The molecule has 0 atom stereocenters. The fourth-order valence-electron chi connectivity index (χ4n) is 4.40. The number of hydrogen-bond donors (Lipinski definition) is 3. The number of aromatic nitrogens is 3. The van der Waals surface area contributed by atoms with Crippen molar-refractivity contribution in [3.05, 3.63) is 59.8 Å². The minimum absolute atomic E-state index is 0.142. The van der Waals surface area contributed by atoms with Gasteiger partial charge in [-0.15, -0.1) is 0 Å². The van der Waals surface area contributed by atoms with Crippen LogP contribution in [0.1, 0.15) is 18.4 Å². The zero-order valence-electron chi connectivity index (χ0n) is 17.7. The third kappa shape index (κ3) is 3.67. The molecule has 3 heterocycles. The molecule has 1 saturated heterocycles. The molecule has 2 aromatic heterocycles. The predicted octanol–water partition coefficient (Wildman–Crippen LogP) is 4.39. The number of halogens is 2. The molecule has 0 aliphatic carbocycles. The predicted molar refractivity (Wildman–Crippen MR) is 123 cm³/mol. The quantitative estimate of drug-likeness (QED) is 0.444. The van der Waals surface area contributed by atoms with Crippen LogP contribution in [-0.2, 0) is 0 Å². The number of aromatic amines is 1. The summed E-state index contributed by atoms with van der Waals surface area (Å²) in [4.78, 5) is 14.5. The van der Waals surface area contributed by atoms with Gasteiger partial charge in [0.2, 0.25) is 0 Å². The average Bonchev–Trinajstić information content (AvgIpc) is 3.16. The molecule has 0 bridgehead atoms. The number of anilines is 2. The molecule has 5 N–H and O–H groups in total. The first-order chi connectivity index (χ1) is 15.4. The summed E-state index contributed by atoms with van der Waals surface area (Å²) in [6, 6.07) is 9.45. The summed E-state index contributed by atoms with van der Waals surface area (Å²) in [6.45, 7) is 3.31. The van der Waals surface area contributed by atoms with Crippen LogP contribution in [0.5, 0.6) is 0 Å². The number of rotatable bonds is 3. The van der Waals surface area contributed by atoms with Gasteiger partial charge in [-0.05, 0) is 55.2 Å². The Morgan fingerprint density at radius 2 is 1.84 bits per heavy atom. The van der Waals surface area contributed by atoms with E-state index in [2.05, 4.69) is 19.9 Å². The zero-order chi connectivity index (χ0) is 22.4. The van der Waals surface area contributed by atoms with Gasteiger partial charge in [0.25, 0.3) is 0 Å². The van der Waals surface area contributed by atoms with E-state index in [0.29, 0.717) is 33.8 Å². The van der Waals surface area contributed by atoms with Crippen LogP contribution in [0.15, 0.2) is 42.6 Å². The largest absolute Gasteiger partial charge is 0.383 e. The van der Waals surface area contributed by atoms with Gasteiger partial charge < -0.3 is 21.4 Å². The SMILES string of the molecule is Cc1cc(F)cc(-c2cnc(N)c(-c3nc4cc(F)ccc4[nH]3)c2N2CCC(N)CC2)c1. The van der Waals surface area contributed by atoms with E-state index in [4.69, 9.17) is 11.5 Å². The van der Waals surface area contributed by atoms with Crippen LogP contribution in [0.2, 0.25) is 0 Å². The Balaban J connectivity index is 1.76. The lowest BCUT2D eigenvalue weighted by molar-refractivity contribution is 0.501. The number of H-pyrrole nitrogens is 1. The van der Waals surface area contributed by atoms with Gasteiger partial charge >= 0.3 is 0 Å². The number of pyridine rings is 1. The van der Waals surface area contributed by atoms with Gasteiger partial charge in [0.1, 0.15) is 23.3 Å². The summed E-state index contributed by atoms with van der Waals surface area (Å²) in [5.74, 6) is 0.113. The van der Waals surface area contributed by atoms with Gasteiger partial charge in [-0.3, -0.25) is 0 Å². The Morgan fingerprint density at radius 1 is 1.06 bits per heavy atom. The van der Waals surface area contributed by atoms with Crippen LogP contribution in [0.4, 0.5) is 20.3 Å². The van der Waals surface area contributed by atoms with E-state index in [9.17, 15) is 8.78 Å².